The number of hydrogen-bond donors (Lipinski definition) is 1. The van der Waals surface area contributed by atoms with Crippen LogP contribution in [0.3, 0.4) is 0 Å². The van der Waals surface area contributed by atoms with E-state index in [4.69, 9.17) is 4.74 Å². The zero-order valence-corrected chi connectivity index (χ0v) is 18.2. The van der Waals surface area contributed by atoms with Gasteiger partial charge in [0.1, 0.15) is 23.4 Å². The van der Waals surface area contributed by atoms with E-state index in [9.17, 15) is 23.2 Å². The van der Waals surface area contributed by atoms with Crippen LogP contribution in [0, 0.1) is 11.6 Å². The first-order valence-electron chi connectivity index (χ1n) is 10.4. The molecule has 0 saturated carbocycles. The lowest BCUT2D eigenvalue weighted by molar-refractivity contribution is -0.124. The summed E-state index contributed by atoms with van der Waals surface area (Å²) in [5.41, 5.74) is 1.28. The normalized spacial score (nSPS) is 15.6. The first-order chi connectivity index (χ1) is 16.4. The molecular formula is C25H21F2N3O4. The molecule has 3 aromatic rings. The summed E-state index contributed by atoms with van der Waals surface area (Å²) in [6.45, 7) is -0.0109. The van der Waals surface area contributed by atoms with E-state index >= 15 is 0 Å². The predicted octanol–water partition coefficient (Wildman–Crippen LogP) is 4.34. The number of urea groups is 1. The fourth-order valence-corrected chi connectivity index (χ4v) is 3.69. The zero-order valence-electron chi connectivity index (χ0n) is 18.2. The summed E-state index contributed by atoms with van der Waals surface area (Å²) in [6.07, 6.45) is -0.296. The van der Waals surface area contributed by atoms with Crippen LogP contribution in [0.15, 0.2) is 72.8 Å². The van der Waals surface area contributed by atoms with Crippen LogP contribution in [0.25, 0.3) is 0 Å². The minimum absolute atomic E-state index is 0.0109. The fourth-order valence-electron chi connectivity index (χ4n) is 3.69. The summed E-state index contributed by atoms with van der Waals surface area (Å²) in [7, 11) is 1.53. The van der Waals surface area contributed by atoms with E-state index in [1.807, 2.05) is 0 Å². The van der Waals surface area contributed by atoms with Crippen molar-refractivity contribution in [3.63, 3.8) is 0 Å². The Kier molecular flexibility index (Phi) is 6.53. The first kappa shape index (κ1) is 22.9. The molecule has 0 aromatic heterocycles. The molecule has 3 aromatic carbocycles. The molecule has 1 fully saturated rings. The molecular weight excluding hydrogens is 444 g/mol. The predicted molar refractivity (Wildman–Crippen MR) is 121 cm³/mol. The Labute approximate surface area is 194 Å². The van der Waals surface area contributed by atoms with Gasteiger partial charge >= 0.3 is 6.03 Å². The molecule has 1 aliphatic heterocycles. The van der Waals surface area contributed by atoms with Crippen LogP contribution in [-0.2, 0) is 16.1 Å². The van der Waals surface area contributed by atoms with Gasteiger partial charge in [0.05, 0.1) is 19.2 Å². The molecule has 0 aliphatic carbocycles. The van der Waals surface area contributed by atoms with Gasteiger partial charge in [0, 0.05) is 12.2 Å². The monoisotopic (exact) mass is 465 g/mol. The Morgan fingerprint density at radius 2 is 1.50 bits per heavy atom. The van der Waals surface area contributed by atoms with Crippen LogP contribution in [0.1, 0.15) is 12.0 Å². The van der Waals surface area contributed by atoms with Crippen molar-refractivity contribution in [2.45, 2.75) is 19.0 Å². The summed E-state index contributed by atoms with van der Waals surface area (Å²) >= 11 is 0. The Morgan fingerprint density at radius 1 is 0.912 bits per heavy atom. The average molecular weight is 465 g/mol. The molecule has 1 N–H and O–H groups in total. The lowest BCUT2D eigenvalue weighted by Crippen LogP contribution is -2.37. The van der Waals surface area contributed by atoms with E-state index in [2.05, 4.69) is 5.32 Å². The van der Waals surface area contributed by atoms with Crippen molar-refractivity contribution in [1.82, 2.24) is 4.90 Å². The van der Waals surface area contributed by atoms with Crippen LogP contribution in [0.5, 0.6) is 5.75 Å². The standard InChI is InChI=1S/C25H21F2N3O4/c1-34-21-12-8-19(9-13-21)28-23(31)14-22-24(32)30(20-10-6-18(27)7-11-20)25(33)29(22)15-16-2-4-17(26)5-3-16/h2-13,22H,14-15H2,1H3,(H,28,31)/t22-/m0/s1. The number of ether oxygens (including phenoxy) is 1. The molecule has 0 unspecified atom stereocenters. The molecule has 1 saturated heterocycles. The van der Waals surface area contributed by atoms with Gasteiger partial charge in [-0.1, -0.05) is 12.1 Å². The quantitative estimate of drug-likeness (QED) is 0.527. The van der Waals surface area contributed by atoms with Gasteiger partial charge in [0.2, 0.25) is 5.91 Å². The minimum atomic E-state index is -1.10. The molecule has 4 amide bonds. The van der Waals surface area contributed by atoms with Gasteiger partial charge in [-0.25, -0.2) is 18.5 Å². The van der Waals surface area contributed by atoms with Gasteiger partial charge < -0.3 is 15.0 Å². The van der Waals surface area contributed by atoms with Gasteiger partial charge in [-0.2, -0.15) is 0 Å². The molecule has 34 heavy (non-hydrogen) atoms. The highest BCUT2D eigenvalue weighted by Gasteiger charge is 2.46. The number of carbonyl (C=O) groups is 3. The lowest BCUT2D eigenvalue weighted by Gasteiger charge is -2.21. The maximum atomic E-state index is 13.4. The summed E-state index contributed by atoms with van der Waals surface area (Å²) < 4.78 is 31.8. The lowest BCUT2D eigenvalue weighted by atomic mass is 10.1. The second-order valence-electron chi connectivity index (χ2n) is 7.68. The highest BCUT2D eigenvalue weighted by atomic mass is 19.1. The molecule has 7 nitrogen and oxygen atoms in total. The Hall–Kier alpha value is -4.27. The number of hydrogen-bond acceptors (Lipinski definition) is 4. The summed E-state index contributed by atoms with van der Waals surface area (Å²) in [5.74, 6) is -1.41. The molecule has 0 radical (unpaired) electrons. The molecule has 0 spiro atoms. The highest BCUT2D eigenvalue weighted by Crippen LogP contribution is 2.29. The van der Waals surface area contributed by atoms with Gasteiger partial charge in [0.25, 0.3) is 5.91 Å². The van der Waals surface area contributed by atoms with Crippen molar-refractivity contribution < 1.29 is 27.9 Å². The number of amides is 4. The smallest absolute Gasteiger partial charge is 0.332 e. The summed E-state index contributed by atoms with van der Waals surface area (Å²) in [5, 5.41) is 2.71. The van der Waals surface area contributed by atoms with Crippen molar-refractivity contribution in [3.8, 4) is 5.75 Å². The number of imide groups is 1. The van der Waals surface area contributed by atoms with E-state index in [1.165, 1.54) is 48.4 Å². The van der Waals surface area contributed by atoms with Gasteiger partial charge in [0.15, 0.2) is 0 Å². The fraction of sp³-hybridized carbons (Fsp3) is 0.160. The number of benzene rings is 3. The molecule has 9 heteroatoms. The number of nitrogens with one attached hydrogen (secondary N) is 1. The van der Waals surface area contributed by atoms with Gasteiger partial charge in [-0.05, 0) is 66.2 Å². The third-order valence-electron chi connectivity index (χ3n) is 5.42. The third-order valence-corrected chi connectivity index (χ3v) is 5.42. The molecule has 1 aliphatic rings. The molecule has 1 atom stereocenters. The Balaban J connectivity index is 1.58. The summed E-state index contributed by atoms with van der Waals surface area (Å²) in [6, 6.07) is 15.3. The van der Waals surface area contributed by atoms with E-state index in [-0.39, 0.29) is 18.7 Å². The van der Waals surface area contributed by atoms with E-state index in [1.54, 1.807) is 24.3 Å². The van der Waals surface area contributed by atoms with Crippen LogP contribution >= 0.6 is 0 Å². The maximum absolute atomic E-state index is 13.4. The van der Waals surface area contributed by atoms with Gasteiger partial charge in [-0.3, -0.25) is 9.59 Å². The largest absolute Gasteiger partial charge is 0.497 e. The van der Waals surface area contributed by atoms with Crippen molar-refractivity contribution in [1.29, 1.82) is 0 Å². The van der Waals surface area contributed by atoms with E-state index in [0.717, 1.165) is 17.0 Å². The maximum Gasteiger partial charge on any atom is 0.332 e. The van der Waals surface area contributed by atoms with Crippen molar-refractivity contribution in [3.05, 3.63) is 90.0 Å². The van der Waals surface area contributed by atoms with Crippen molar-refractivity contribution in [2.75, 3.05) is 17.3 Å². The molecule has 1 heterocycles. The second-order valence-corrected chi connectivity index (χ2v) is 7.68. The summed E-state index contributed by atoms with van der Waals surface area (Å²) in [4.78, 5) is 41.4. The first-order valence-corrected chi connectivity index (χ1v) is 10.4. The number of anilines is 2. The van der Waals surface area contributed by atoms with Crippen LogP contribution < -0.4 is 15.0 Å². The van der Waals surface area contributed by atoms with Gasteiger partial charge in [-0.15, -0.1) is 0 Å². The number of halogens is 2. The van der Waals surface area contributed by atoms with Crippen molar-refractivity contribution >= 4 is 29.2 Å². The number of methoxy groups -OCH3 is 1. The highest BCUT2D eigenvalue weighted by molar-refractivity contribution is 6.22. The molecule has 4 rings (SSSR count). The Bertz CT molecular complexity index is 1200. The van der Waals surface area contributed by atoms with Crippen LogP contribution in [-0.4, -0.2) is 35.9 Å². The van der Waals surface area contributed by atoms with Crippen LogP contribution in [0.4, 0.5) is 25.0 Å². The SMILES string of the molecule is COc1ccc(NC(=O)C[C@H]2C(=O)N(c3ccc(F)cc3)C(=O)N2Cc2ccc(F)cc2)cc1. The third kappa shape index (κ3) is 4.88. The average Bonchev–Trinajstić information content (AvgIpc) is 3.05. The van der Waals surface area contributed by atoms with E-state index < -0.39 is 35.5 Å². The van der Waals surface area contributed by atoms with Crippen molar-refractivity contribution in [2.24, 2.45) is 0 Å². The molecule has 174 valence electrons. The number of rotatable bonds is 7. The minimum Gasteiger partial charge on any atom is -0.497 e. The topological polar surface area (TPSA) is 79.0 Å². The van der Waals surface area contributed by atoms with E-state index in [0.29, 0.717) is 17.0 Å². The zero-order chi connectivity index (χ0) is 24.2. The number of nitrogens with zero attached hydrogens (tertiary/aromatic N) is 2. The van der Waals surface area contributed by atoms with Crippen LogP contribution in [0.2, 0.25) is 0 Å². The Morgan fingerprint density at radius 3 is 2.09 bits per heavy atom. The second kappa shape index (κ2) is 9.70. The molecule has 0 bridgehead atoms. The number of carbonyl (C=O) groups excluding carboxylic acids is 3.